The van der Waals surface area contributed by atoms with E-state index in [9.17, 15) is 13.2 Å². The SMILES string of the molecule is CCCCn1c(-c2ccccc2)nc(-c2ccccc2)c1CN(Cc1ccc(OC)cc1)Cc1ccc(C(F)(F)F)cc1. The summed E-state index contributed by atoms with van der Waals surface area (Å²) in [5.41, 5.74) is 5.33. The Labute approximate surface area is 251 Å². The molecule has 5 rings (SSSR count). The summed E-state index contributed by atoms with van der Waals surface area (Å²) in [4.78, 5) is 7.50. The van der Waals surface area contributed by atoms with Crippen LogP contribution in [-0.2, 0) is 32.4 Å². The molecule has 0 bridgehead atoms. The molecule has 0 amide bonds. The molecule has 4 aromatic carbocycles. The second-order valence-electron chi connectivity index (χ2n) is 10.7. The molecule has 0 saturated heterocycles. The molecular formula is C36H36F3N3O. The molecule has 0 fully saturated rings. The second kappa shape index (κ2) is 13.7. The van der Waals surface area contributed by atoms with Crippen molar-refractivity contribution in [1.29, 1.82) is 0 Å². The van der Waals surface area contributed by atoms with Crippen LogP contribution in [0.4, 0.5) is 13.2 Å². The maximum absolute atomic E-state index is 13.3. The molecule has 0 N–H and O–H groups in total. The summed E-state index contributed by atoms with van der Waals surface area (Å²) in [5.74, 6) is 1.69. The van der Waals surface area contributed by atoms with E-state index in [1.54, 1.807) is 19.2 Å². The van der Waals surface area contributed by atoms with Gasteiger partial charge in [0.1, 0.15) is 11.6 Å². The lowest BCUT2D eigenvalue weighted by Crippen LogP contribution is -2.24. The Morgan fingerprint density at radius 2 is 1.28 bits per heavy atom. The highest BCUT2D eigenvalue weighted by Crippen LogP contribution is 2.33. The lowest BCUT2D eigenvalue weighted by molar-refractivity contribution is -0.137. The molecule has 0 aliphatic carbocycles. The lowest BCUT2D eigenvalue weighted by atomic mass is 10.1. The molecule has 1 heterocycles. The van der Waals surface area contributed by atoms with Crippen LogP contribution in [0.2, 0.25) is 0 Å². The van der Waals surface area contributed by atoms with Gasteiger partial charge in [0.15, 0.2) is 0 Å². The van der Waals surface area contributed by atoms with Crippen LogP contribution in [0.25, 0.3) is 22.6 Å². The van der Waals surface area contributed by atoms with Crippen LogP contribution in [-0.4, -0.2) is 21.6 Å². The topological polar surface area (TPSA) is 30.3 Å². The first-order valence-electron chi connectivity index (χ1n) is 14.6. The number of benzene rings is 4. The van der Waals surface area contributed by atoms with Crippen molar-refractivity contribution in [3.63, 3.8) is 0 Å². The minimum Gasteiger partial charge on any atom is -0.497 e. The van der Waals surface area contributed by atoms with Crippen molar-refractivity contribution in [3.05, 3.63) is 132 Å². The van der Waals surface area contributed by atoms with Gasteiger partial charge < -0.3 is 9.30 Å². The molecule has 0 radical (unpaired) electrons. The van der Waals surface area contributed by atoms with Crippen molar-refractivity contribution in [3.8, 4) is 28.4 Å². The third kappa shape index (κ3) is 7.54. The molecule has 4 nitrogen and oxygen atoms in total. The quantitative estimate of drug-likeness (QED) is 0.147. The van der Waals surface area contributed by atoms with Crippen LogP contribution in [0, 0.1) is 0 Å². The van der Waals surface area contributed by atoms with Gasteiger partial charge >= 0.3 is 6.18 Å². The van der Waals surface area contributed by atoms with Crippen molar-refractivity contribution in [2.45, 2.75) is 52.1 Å². The number of imidazole rings is 1. The number of hydrogen-bond donors (Lipinski definition) is 0. The van der Waals surface area contributed by atoms with Crippen molar-refractivity contribution in [2.75, 3.05) is 7.11 Å². The third-order valence-electron chi connectivity index (χ3n) is 7.51. The summed E-state index contributed by atoms with van der Waals surface area (Å²) in [6.07, 6.45) is -2.34. The fourth-order valence-corrected chi connectivity index (χ4v) is 5.26. The minimum absolute atomic E-state index is 0.470. The molecule has 1 aromatic heterocycles. The van der Waals surface area contributed by atoms with Crippen molar-refractivity contribution < 1.29 is 17.9 Å². The van der Waals surface area contributed by atoms with Crippen molar-refractivity contribution >= 4 is 0 Å². The Kier molecular flexibility index (Phi) is 9.62. The van der Waals surface area contributed by atoms with E-state index in [2.05, 4.69) is 40.7 Å². The number of alkyl halides is 3. The highest BCUT2D eigenvalue weighted by atomic mass is 19.4. The normalized spacial score (nSPS) is 11.7. The summed E-state index contributed by atoms with van der Waals surface area (Å²) < 4.78 is 47.5. The zero-order valence-electron chi connectivity index (χ0n) is 24.5. The molecule has 0 unspecified atom stereocenters. The Morgan fingerprint density at radius 3 is 1.81 bits per heavy atom. The fraction of sp³-hybridized carbons (Fsp3) is 0.250. The molecule has 0 saturated carbocycles. The maximum Gasteiger partial charge on any atom is 0.416 e. The van der Waals surface area contributed by atoms with E-state index in [1.807, 2.05) is 60.7 Å². The number of methoxy groups -OCH3 is 1. The van der Waals surface area contributed by atoms with E-state index in [1.165, 1.54) is 0 Å². The van der Waals surface area contributed by atoms with E-state index in [-0.39, 0.29) is 0 Å². The average Bonchev–Trinajstić information content (AvgIpc) is 3.38. The van der Waals surface area contributed by atoms with Gasteiger partial charge in [0.25, 0.3) is 0 Å². The Morgan fingerprint density at radius 1 is 0.721 bits per heavy atom. The van der Waals surface area contributed by atoms with Crippen LogP contribution in [0.1, 0.15) is 42.1 Å². The molecule has 43 heavy (non-hydrogen) atoms. The minimum atomic E-state index is -4.37. The van der Waals surface area contributed by atoms with Crippen LogP contribution in [0.5, 0.6) is 5.75 Å². The molecule has 0 aliphatic rings. The van der Waals surface area contributed by atoms with E-state index >= 15 is 0 Å². The standard InChI is InChI=1S/C36H36F3N3O/c1-3-4-23-42-33(34(29-11-7-5-8-12-29)40-35(42)30-13-9-6-10-14-30)26-41(25-28-17-21-32(43-2)22-18-28)24-27-15-19-31(20-16-27)36(37,38)39/h5-22H,3-4,23-26H2,1-2H3. The summed E-state index contributed by atoms with van der Waals surface area (Å²) in [5, 5.41) is 0. The van der Waals surface area contributed by atoms with Gasteiger partial charge in [-0.05, 0) is 41.8 Å². The van der Waals surface area contributed by atoms with Gasteiger partial charge in [-0.3, -0.25) is 4.90 Å². The zero-order valence-corrected chi connectivity index (χ0v) is 24.5. The first-order valence-corrected chi connectivity index (χ1v) is 14.6. The largest absolute Gasteiger partial charge is 0.497 e. The lowest BCUT2D eigenvalue weighted by Gasteiger charge is -2.25. The van der Waals surface area contributed by atoms with Crippen molar-refractivity contribution in [2.24, 2.45) is 0 Å². The van der Waals surface area contributed by atoms with Gasteiger partial charge in [0, 0.05) is 37.3 Å². The van der Waals surface area contributed by atoms with Gasteiger partial charge in [-0.15, -0.1) is 0 Å². The smallest absolute Gasteiger partial charge is 0.416 e. The van der Waals surface area contributed by atoms with Crippen LogP contribution in [0.3, 0.4) is 0 Å². The number of ether oxygens (including phenoxy) is 1. The molecule has 5 aromatic rings. The third-order valence-corrected chi connectivity index (χ3v) is 7.51. The number of halogens is 3. The highest BCUT2D eigenvalue weighted by Gasteiger charge is 2.30. The van der Waals surface area contributed by atoms with Gasteiger partial charge in [0.05, 0.1) is 24.1 Å². The molecule has 0 aliphatic heterocycles. The summed E-state index contributed by atoms with van der Waals surface area (Å²) in [6, 6.07) is 33.8. The Balaban J connectivity index is 1.58. The second-order valence-corrected chi connectivity index (χ2v) is 10.7. The summed E-state index contributed by atoms with van der Waals surface area (Å²) >= 11 is 0. The average molecular weight is 584 g/mol. The predicted octanol–water partition coefficient (Wildman–Crippen LogP) is 9.25. The predicted molar refractivity (Wildman–Crippen MR) is 165 cm³/mol. The zero-order chi connectivity index (χ0) is 30.2. The number of hydrogen-bond acceptors (Lipinski definition) is 3. The monoisotopic (exact) mass is 583 g/mol. The summed E-state index contributed by atoms with van der Waals surface area (Å²) in [7, 11) is 1.64. The van der Waals surface area contributed by atoms with Crippen LogP contribution >= 0.6 is 0 Å². The van der Waals surface area contributed by atoms with Crippen LogP contribution < -0.4 is 4.74 Å². The summed E-state index contributed by atoms with van der Waals surface area (Å²) in [6.45, 7) is 4.61. The fourth-order valence-electron chi connectivity index (χ4n) is 5.26. The number of nitrogens with zero attached hydrogens (tertiary/aromatic N) is 3. The Bertz CT molecular complexity index is 1580. The molecule has 0 spiro atoms. The number of unbranched alkanes of at least 4 members (excludes halogenated alkanes) is 1. The first-order chi connectivity index (χ1) is 20.9. The van der Waals surface area contributed by atoms with Crippen molar-refractivity contribution in [1.82, 2.24) is 14.5 Å². The molecule has 222 valence electrons. The first kappa shape index (κ1) is 30.1. The molecule has 0 atom stereocenters. The van der Waals surface area contributed by atoms with Crippen LogP contribution in [0.15, 0.2) is 109 Å². The Hall–Kier alpha value is -4.36. The number of aromatic nitrogens is 2. The molecule has 7 heteroatoms. The van der Waals surface area contributed by atoms with E-state index in [4.69, 9.17) is 9.72 Å². The van der Waals surface area contributed by atoms with E-state index < -0.39 is 11.7 Å². The number of rotatable bonds is 12. The van der Waals surface area contributed by atoms with Gasteiger partial charge in [-0.25, -0.2) is 4.98 Å². The van der Waals surface area contributed by atoms with Gasteiger partial charge in [-0.1, -0.05) is 98.3 Å². The van der Waals surface area contributed by atoms with Gasteiger partial charge in [-0.2, -0.15) is 13.2 Å². The van der Waals surface area contributed by atoms with E-state index in [0.29, 0.717) is 19.6 Å². The maximum atomic E-state index is 13.3. The van der Waals surface area contributed by atoms with Gasteiger partial charge in [0.2, 0.25) is 0 Å². The molecular weight excluding hydrogens is 547 g/mol. The van der Waals surface area contributed by atoms with E-state index in [0.717, 1.165) is 76.7 Å². The highest BCUT2D eigenvalue weighted by molar-refractivity contribution is 5.68.